The number of benzene rings is 1. The molecule has 0 spiro atoms. The minimum Gasteiger partial charge on any atom is -0.481 e. The summed E-state index contributed by atoms with van der Waals surface area (Å²) in [6, 6.07) is 1.63. The lowest BCUT2D eigenvalue weighted by molar-refractivity contribution is -0.149. The molecule has 21 heteroatoms. The number of likely N-dealkylation sites (tertiary alicyclic amines) is 1. The summed E-state index contributed by atoms with van der Waals surface area (Å²) in [5.74, 6) is -4.47. The highest BCUT2D eigenvalue weighted by Gasteiger charge is 2.37. The van der Waals surface area contributed by atoms with E-state index in [1.54, 1.807) is 11.9 Å². The van der Waals surface area contributed by atoms with Crippen molar-refractivity contribution < 1.29 is 55.8 Å². The molecule has 352 valence electrons. The summed E-state index contributed by atoms with van der Waals surface area (Å²) in [5.41, 5.74) is 0.339. The lowest BCUT2D eigenvalue weighted by atomic mass is 9.92. The molecule has 0 bridgehead atoms. The van der Waals surface area contributed by atoms with Crippen LogP contribution in [0.3, 0.4) is 0 Å². The molecule has 0 aliphatic carbocycles. The lowest BCUT2D eigenvalue weighted by Gasteiger charge is -2.38. The Morgan fingerprint density at radius 3 is 2.37 bits per heavy atom. The smallest absolute Gasteiger partial charge is 0.446 e. The SMILES string of the molecule is CC[C@H](C)[C@H](NC(=O)C1CCCCN1C)C(=O)N(C)[C@H](C[C@@H](OC(C)=O)c1nc(C(=O)N[C@@H](Cc2ccc(OS(=O)(=O)O)c(NC(=O)CCCS)c2)CC(C)C(=O)O)cs1)C(C)C. The Balaban J connectivity index is 1.88. The minimum atomic E-state index is -4.96. The van der Waals surface area contributed by atoms with Gasteiger partial charge in [-0.2, -0.15) is 21.0 Å². The standard InChI is InChI=1S/C42H64N6O12S3/c1-9-25(4)37(46-39(52)32-13-10-11-17-47(32)7)41(53)48(8)33(24(2)3)22-35(59-27(6)49)40-45-31(23-62-40)38(51)43-29(19-26(5)42(54)55)20-28-15-16-34(60-63(56,57)58)30(21-28)44-36(50)14-12-18-61/h15-16,21,23-26,29,32-33,35,37,61H,9-14,17-20,22H2,1-8H3,(H,43,51)(H,44,50)(H,46,52)(H,54,55)(H,56,57,58)/t25-,26?,29+,32?,33+,35+,37-/m0/s1. The van der Waals surface area contributed by atoms with Crippen LogP contribution in [-0.4, -0.2) is 119 Å². The normalized spacial score (nSPS) is 17.3. The highest BCUT2D eigenvalue weighted by Crippen LogP contribution is 2.32. The van der Waals surface area contributed by atoms with Crippen molar-refractivity contribution in [3.63, 3.8) is 0 Å². The molecule has 2 heterocycles. The van der Waals surface area contributed by atoms with Gasteiger partial charge in [0.05, 0.1) is 17.6 Å². The first kappa shape index (κ1) is 53.0. The van der Waals surface area contributed by atoms with Gasteiger partial charge in [-0.1, -0.05) is 53.5 Å². The average Bonchev–Trinajstić information content (AvgIpc) is 3.71. The molecule has 63 heavy (non-hydrogen) atoms. The monoisotopic (exact) mass is 940 g/mol. The quantitative estimate of drug-likeness (QED) is 0.0465. The van der Waals surface area contributed by atoms with Gasteiger partial charge in [0.25, 0.3) is 5.91 Å². The number of amides is 4. The number of nitrogens with zero attached hydrogens (tertiary/aromatic N) is 3. The van der Waals surface area contributed by atoms with Gasteiger partial charge >= 0.3 is 22.3 Å². The van der Waals surface area contributed by atoms with Crippen molar-refractivity contribution >= 4 is 75.6 Å². The largest absolute Gasteiger partial charge is 0.481 e. The van der Waals surface area contributed by atoms with E-state index in [9.17, 15) is 46.8 Å². The van der Waals surface area contributed by atoms with Crippen LogP contribution in [0.5, 0.6) is 5.75 Å². The van der Waals surface area contributed by atoms with Gasteiger partial charge in [-0.25, -0.2) is 4.98 Å². The van der Waals surface area contributed by atoms with Crippen LogP contribution >= 0.6 is 24.0 Å². The predicted octanol–water partition coefficient (Wildman–Crippen LogP) is 4.92. The Kier molecular flexibility index (Phi) is 20.8. The molecule has 7 atom stereocenters. The number of carbonyl (C=O) groups excluding carboxylic acids is 5. The van der Waals surface area contributed by atoms with Gasteiger partial charge in [-0.05, 0) is 81.0 Å². The Labute approximate surface area is 380 Å². The number of piperidine rings is 1. The number of nitrogens with one attached hydrogen (secondary N) is 3. The van der Waals surface area contributed by atoms with Gasteiger partial charge in [0.15, 0.2) is 11.9 Å². The zero-order valence-corrected chi connectivity index (χ0v) is 39.8. The molecule has 3 rings (SSSR count). The van der Waals surface area contributed by atoms with Gasteiger partial charge < -0.3 is 34.9 Å². The van der Waals surface area contributed by atoms with Gasteiger partial charge in [-0.15, -0.1) is 11.3 Å². The van der Waals surface area contributed by atoms with Gasteiger partial charge in [0, 0.05) is 44.3 Å². The number of hydrogen-bond donors (Lipinski definition) is 6. The van der Waals surface area contributed by atoms with Crippen molar-refractivity contribution in [1.29, 1.82) is 0 Å². The summed E-state index contributed by atoms with van der Waals surface area (Å²) in [7, 11) is -1.38. The minimum absolute atomic E-state index is 0.0218. The summed E-state index contributed by atoms with van der Waals surface area (Å²) < 4.78 is 42.8. The average molecular weight is 941 g/mol. The molecule has 1 fully saturated rings. The molecule has 0 saturated carbocycles. The fourth-order valence-electron chi connectivity index (χ4n) is 7.46. The summed E-state index contributed by atoms with van der Waals surface area (Å²) in [4.78, 5) is 86.7. The fraction of sp³-hybridized carbons (Fsp3) is 0.643. The fourth-order valence-corrected chi connectivity index (χ4v) is 8.83. The number of esters is 1. The van der Waals surface area contributed by atoms with Crippen molar-refractivity contribution in [1.82, 2.24) is 25.4 Å². The first-order chi connectivity index (χ1) is 29.5. The van der Waals surface area contributed by atoms with Crippen molar-refractivity contribution in [2.45, 2.75) is 130 Å². The number of thiol groups is 1. The van der Waals surface area contributed by atoms with Crippen LogP contribution in [0.4, 0.5) is 5.69 Å². The molecule has 1 aromatic heterocycles. The van der Waals surface area contributed by atoms with Gasteiger partial charge in [0.2, 0.25) is 17.7 Å². The lowest BCUT2D eigenvalue weighted by Crippen LogP contribution is -2.58. The molecular weight excluding hydrogens is 877 g/mol. The number of ether oxygens (including phenoxy) is 1. The van der Waals surface area contributed by atoms with Crippen LogP contribution in [0.1, 0.15) is 120 Å². The van der Waals surface area contributed by atoms with Crippen LogP contribution in [-0.2, 0) is 45.5 Å². The first-order valence-electron chi connectivity index (χ1n) is 21.2. The highest BCUT2D eigenvalue weighted by atomic mass is 32.3. The maximum Gasteiger partial charge on any atom is 0.446 e. The first-order valence-corrected chi connectivity index (χ1v) is 24.1. The Bertz CT molecular complexity index is 2010. The summed E-state index contributed by atoms with van der Waals surface area (Å²) in [6.45, 7) is 11.3. The van der Waals surface area contributed by atoms with Crippen LogP contribution in [0.15, 0.2) is 23.6 Å². The maximum absolute atomic E-state index is 14.3. The zero-order valence-electron chi connectivity index (χ0n) is 37.3. The van der Waals surface area contributed by atoms with Crippen molar-refractivity contribution in [2.24, 2.45) is 17.8 Å². The molecule has 4 amide bonds. The van der Waals surface area contributed by atoms with E-state index in [1.807, 2.05) is 39.6 Å². The molecule has 2 aromatic rings. The number of thiazole rings is 1. The van der Waals surface area contributed by atoms with Crippen molar-refractivity contribution in [3.8, 4) is 5.75 Å². The Morgan fingerprint density at radius 2 is 1.78 bits per heavy atom. The maximum atomic E-state index is 14.3. The van der Waals surface area contributed by atoms with Gasteiger partial charge in [0.1, 0.15) is 16.7 Å². The number of likely N-dealkylation sites (N-methyl/N-ethyl adjacent to an activating group) is 2. The third-order valence-corrected chi connectivity index (χ3v) is 12.9. The number of carboxylic acid groups (broad SMARTS) is 1. The number of aromatic nitrogens is 1. The second-order valence-electron chi connectivity index (χ2n) is 16.6. The predicted molar refractivity (Wildman–Crippen MR) is 241 cm³/mol. The molecule has 1 aromatic carbocycles. The van der Waals surface area contributed by atoms with Crippen molar-refractivity contribution in [2.75, 3.05) is 31.7 Å². The number of carboxylic acids is 1. The topological polar surface area (TPSA) is 251 Å². The van der Waals surface area contributed by atoms with E-state index in [2.05, 4.69) is 37.7 Å². The summed E-state index contributed by atoms with van der Waals surface area (Å²) in [5, 5.41) is 20.0. The molecule has 5 N–H and O–H groups in total. The third-order valence-electron chi connectivity index (χ3n) is 11.2. The zero-order chi connectivity index (χ0) is 47.2. The summed E-state index contributed by atoms with van der Waals surface area (Å²) >= 11 is 5.17. The van der Waals surface area contributed by atoms with E-state index in [4.69, 9.17) is 4.74 Å². The van der Waals surface area contributed by atoms with E-state index in [1.165, 1.54) is 37.4 Å². The molecule has 0 radical (unpaired) electrons. The Morgan fingerprint density at radius 1 is 1.08 bits per heavy atom. The van der Waals surface area contributed by atoms with Crippen LogP contribution in [0.25, 0.3) is 0 Å². The van der Waals surface area contributed by atoms with E-state index in [0.717, 1.165) is 30.7 Å². The van der Waals surface area contributed by atoms with E-state index in [-0.39, 0.29) is 77.5 Å². The van der Waals surface area contributed by atoms with Crippen LogP contribution in [0, 0.1) is 17.8 Å². The Hall–Kier alpha value is -4.31. The summed E-state index contributed by atoms with van der Waals surface area (Å²) in [6.07, 6.45) is 2.93. The van der Waals surface area contributed by atoms with E-state index < -0.39 is 64.3 Å². The molecule has 1 aliphatic rings. The molecule has 1 aliphatic heterocycles. The highest BCUT2D eigenvalue weighted by molar-refractivity contribution is 7.81. The van der Waals surface area contributed by atoms with Crippen LogP contribution < -0.4 is 20.1 Å². The van der Waals surface area contributed by atoms with Gasteiger partial charge in [-0.3, -0.25) is 38.2 Å². The van der Waals surface area contributed by atoms with E-state index in [0.29, 0.717) is 30.6 Å². The number of carbonyl (C=O) groups is 6. The molecular formula is C42H64N6O12S3. The molecule has 18 nitrogen and oxygen atoms in total. The number of aliphatic carboxylic acids is 1. The number of anilines is 1. The number of rotatable bonds is 24. The third kappa shape index (κ3) is 16.6. The number of hydrogen-bond acceptors (Lipinski definition) is 14. The molecule has 1 saturated heterocycles. The second-order valence-corrected chi connectivity index (χ2v) is 19.0. The van der Waals surface area contributed by atoms with Crippen LogP contribution in [0.2, 0.25) is 0 Å². The van der Waals surface area contributed by atoms with E-state index >= 15 is 0 Å². The van der Waals surface area contributed by atoms with Crippen molar-refractivity contribution in [3.05, 3.63) is 39.8 Å². The molecule has 2 unspecified atom stereocenters. The second kappa shape index (κ2) is 24.7.